The first kappa shape index (κ1) is 20.0. The molecule has 2 saturated carbocycles. The largest absolute Gasteiger partial charge is 0.493 e. The predicted octanol–water partition coefficient (Wildman–Crippen LogP) is 2.93. The van der Waals surface area contributed by atoms with Crippen LogP contribution in [0.5, 0.6) is 5.75 Å². The topological polar surface area (TPSA) is 66.0 Å². The van der Waals surface area contributed by atoms with Gasteiger partial charge in [-0.15, -0.1) is 0 Å². The number of amides is 1. The summed E-state index contributed by atoms with van der Waals surface area (Å²) in [5.74, 6) is 3.09. The molecule has 6 heteroatoms. The van der Waals surface area contributed by atoms with E-state index in [9.17, 15) is 4.79 Å². The smallest absolute Gasteiger partial charge is 0.225 e. The Morgan fingerprint density at radius 3 is 2.72 bits per heavy atom. The van der Waals surface area contributed by atoms with Gasteiger partial charge in [-0.25, -0.2) is 0 Å². The van der Waals surface area contributed by atoms with Crippen LogP contribution in [0.25, 0.3) is 0 Å². The number of nitrogens with zero attached hydrogens (tertiary/aromatic N) is 2. The van der Waals surface area contributed by atoms with Crippen LogP contribution in [0.3, 0.4) is 0 Å². The predicted molar refractivity (Wildman–Crippen MR) is 115 cm³/mol. The number of carbonyl (C=O) groups excluding carboxylic acids is 1. The van der Waals surface area contributed by atoms with E-state index < -0.39 is 0 Å². The zero-order valence-corrected chi connectivity index (χ0v) is 17.5. The van der Waals surface area contributed by atoms with Crippen LogP contribution in [0.4, 0.5) is 0 Å². The molecule has 1 aliphatic heterocycles. The highest BCUT2D eigenvalue weighted by atomic mass is 16.5. The van der Waals surface area contributed by atoms with Crippen LogP contribution < -0.4 is 15.4 Å². The SMILES string of the molecule is CN=C(NCc1ccccc1OCC1CC1)NC1CCN(C(=O)C2CCCC2)C1. The van der Waals surface area contributed by atoms with E-state index in [4.69, 9.17) is 4.74 Å². The number of guanidine groups is 1. The fraction of sp³-hybridized carbons (Fsp3) is 0.652. The van der Waals surface area contributed by atoms with Crippen LogP contribution in [0.2, 0.25) is 0 Å². The van der Waals surface area contributed by atoms with Crippen molar-refractivity contribution in [3.63, 3.8) is 0 Å². The number of carbonyl (C=O) groups is 1. The molecule has 1 atom stereocenters. The molecule has 1 aromatic carbocycles. The second-order valence-electron chi connectivity index (χ2n) is 8.68. The van der Waals surface area contributed by atoms with Gasteiger partial charge in [0.2, 0.25) is 5.91 Å². The van der Waals surface area contributed by atoms with Gasteiger partial charge in [-0.05, 0) is 44.1 Å². The monoisotopic (exact) mass is 398 g/mol. The van der Waals surface area contributed by atoms with E-state index in [1.165, 1.54) is 25.7 Å². The third kappa shape index (κ3) is 5.43. The van der Waals surface area contributed by atoms with Crippen LogP contribution in [0.15, 0.2) is 29.3 Å². The molecule has 2 aliphatic carbocycles. The Labute approximate surface area is 174 Å². The summed E-state index contributed by atoms with van der Waals surface area (Å²) in [6, 6.07) is 8.46. The molecule has 4 rings (SSSR count). The van der Waals surface area contributed by atoms with E-state index in [2.05, 4.69) is 21.7 Å². The minimum absolute atomic E-state index is 0.257. The van der Waals surface area contributed by atoms with Gasteiger partial charge < -0.3 is 20.3 Å². The van der Waals surface area contributed by atoms with Crippen molar-refractivity contribution in [2.45, 2.75) is 57.5 Å². The van der Waals surface area contributed by atoms with E-state index in [-0.39, 0.29) is 12.0 Å². The number of benzene rings is 1. The minimum atomic E-state index is 0.257. The number of ether oxygens (including phenoxy) is 1. The molecule has 0 radical (unpaired) electrons. The summed E-state index contributed by atoms with van der Waals surface area (Å²) < 4.78 is 6.01. The molecule has 6 nitrogen and oxygen atoms in total. The van der Waals surface area contributed by atoms with Gasteiger partial charge in [0.15, 0.2) is 5.96 Å². The van der Waals surface area contributed by atoms with Gasteiger partial charge in [-0.1, -0.05) is 31.0 Å². The van der Waals surface area contributed by atoms with E-state index in [1.54, 1.807) is 7.05 Å². The van der Waals surface area contributed by atoms with Crippen LogP contribution >= 0.6 is 0 Å². The second kappa shape index (κ2) is 9.51. The molecule has 1 heterocycles. The summed E-state index contributed by atoms with van der Waals surface area (Å²) in [5.41, 5.74) is 1.14. The van der Waals surface area contributed by atoms with Gasteiger partial charge in [0.1, 0.15) is 5.75 Å². The highest BCUT2D eigenvalue weighted by Crippen LogP contribution is 2.30. The molecule has 3 aliphatic rings. The molecule has 0 bridgehead atoms. The lowest BCUT2D eigenvalue weighted by atomic mass is 10.1. The lowest BCUT2D eigenvalue weighted by Crippen LogP contribution is -2.45. The molecule has 1 amide bonds. The maximum atomic E-state index is 12.6. The first-order chi connectivity index (χ1) is 14.2. The molecular weight excluding hydrogens is 364 g/mol. The summed E-state index contributed by atoms with van der Waals surface area (Å²) in [4.78, 5) is 19.1. The first-order valence-electron chi connectivity index (χ1n) is 11.2. The fourth-order valence-corrected chi connectivity index (χ4v) is 4.36. The van der Waals surface area contributed by atoms with Gasteiger partial charge in [0.05, 0.1) is 6.61 Å². The molecule has 158 valence electrons. The summed E-state index contributed by atoms with van der Waals surface area (Å²) >= 11 is 0. The number of para-hydroxylation sites is 1. The summed E-state index contributed by atoms with van der Waals surface area (Å²) in [7, 11) is 1.79. The average Bonchev–Trinajstić information content (AvgIpc) is 3.21. The Hall–Kier alpha value is -2.24. The maximum absolute atomic E-state index is 12.6. The van der Waals surface area contributed by atoms with Crippen molar-refractivity contribution in [2.75, 3.05) is 26.7 Å². The Morgan fingerprint density at radius 2 is 1.97 bits per heavy atom. The van der Waals surface area contributed by atoms with Crippen LogP contribution in [0, 0.1) is 11.8 Å². The number of rotatable bonds is 7. The van der Waals surface area contributed by atoms with E-state index in [0.29, 0.717) is 12.5 Å². The van der Waals surface area contributed by atoms with Crippen LogP contribution in [-0.2, 0) is 11.3 Å². The highest BCUT2D eigenvalue weighted by molar-refractivity contribution is 5.81. The number of nitrogens with one attached hydrogen (secondary N) is 2. The Morgan fingerprint density at radius 1 is 1.17 bits per heavy atom. The lowest BCUT2D eigenvalue weighted by molar-refractivity contribution is -0.134. The van der Waals surface area contributed by atoms with E-state index in [1.807, 2.05) is 23.1 Å². The van der Waals surface area contributed by atoms with Gasteiger partial charge in [0.25, 0.3) is 0 Å². The molecular formula is C23H34N4O2. The minimum Gasteiger partial charge on any atom is -0.493 e. The zero-order valence-electron chi connectivity index (χ0n) is 17.5. The molecule has 0 aromatic heterocycles. The molecule has 0 spiro atoms. The maximum Gasteiger partial charge on any atom is 0.225 e. The van der Waals surface area contributed by atoms with Crippen LogP contribution in [0.1, 0.15) is 50.5 Å². The number of hydrogen-bond donors (Lipinski definition) is 2. The average molecular weight is 399 g/mol. The third-order valence-electron chi connectivity index (χ3n) is 6.36. The fourth-order valence-electron chi connectivity index (χ4n) is 4.36. The number of likely N-dealkylation sites (tertiary alicyclic amines) is 1. The van der Waals surface area contributed by atoms with Gasteiger partial charge in [-0.2, -0.15) is 0 Å². The van der Waals surface area contributed by atoms with Gasteiger partial charge >= 0.3 is 0 Å². The molecule has 1 saturated heterocycles. The summed E-state index contributed by atoms with van der Waals surface area (Å²) in [6.45, 7) is 3.10. The third-order valence-corrected chi connectivity index (χ3v) is 6.36. The normalized spacial score (nSPS) is 22.7. The van der Waals surface area contributed by atoms with E-state index >= 15 is 0 Å². The van der Waals surface area contributed by atoms with Crippen molar-refractivity contribution >= 4 is 11.9 Å². The van der Waals surface area contributed by atoms with Crippen molar-refractivity contribution in [2.24, 2.45) is 16.8 Å². The van der Waals surface area contributed by atoms with Crippen molar-refractivity contribution in [1.29, 1.82) is 0 Å². The highest BCUT2D eigenvalue weighted by Gasteiger charge is 2.32. The zero-order chi connectivity index (χ0) is 20.1. The molecule has 3 fully saturated rings. The number of aliphatic imine (C=N–C) groups is 1. The van der Waals surface area contributed by atoms with Crippen LogP contribution in [-0.4, -0.2) is 49.6 Å². The number of hydrogen-bond acceptors (Lipinski definition) is 3. The second-order valence-corrected chi connectivity index (χ2v) is 8.68. The van der Waals surface area contributed by atoms with Gasteiger partial charge in [-0.3, -0.25) is 9.79 Å². The van der Waals surface area contributed by atoms with Crippen molar-refractivity contribution in [1.82, 2.24) is 15.5 Å². The van der Waals surface area contributed by atoms with Crippen molar-refractivity contribution in [3.8, 4) is 5.75 Å². The molecule has 2 N–H and O–H groups in total. The molecule has 1 aromatic rings. The first-order valence-corrected chi connectivity index (χ1v) is 11.2. The Bertz CT molecular complexity index is 725. The Balaban J connectivity index is 1.25. The quantitative estimate of drug-likeness (QED) is 0.547. The lowest BCUT2D eigenvalue weighted by Gasteiger charge is -2.21. The van der Waals surface area contributed by atoms with Gasteiger partial charge in [0, 0.05) is 44.2 Å². The van der Waals surface area contributed by atoms with Crippen molar-refractivity contribution < 1.29 is 9.53 Å². The summed E-state index contributed by atoms with van der Waals surface area (Å²) in [6.07, 6.45) is 8.10. The van der Waals surface area contributed by atoms with E-state index in [0.717, 1.165) is 62.1 Å². The molecule has 29 heavy (non-hydrogen) atoms. The van der Waals surface area contributed by atoms with Crippen molar-refractivity contribution in [3.05, 3.63) is 29.8 Å². The standard InChI is InChI=1S/C23H34N4O2/c1-24-23(25-14-19-8-4-5-9-21(19)29-16-17-10-11-17)26-20-12-13-27(15-20)22(28)18-6-2-3-7-18/h4-5,8-9,17-18,20H,2-3,6-7,10-16H2,1H3,(H2,24,25,26). The summed E-state index contributed by atoms with van der Waals surface area (Å²) in [5, 5.41) is 6.91. The Kier molecular flexibility index (Phi) is 6.57. The molecule has 1 unspecified atom stereocenters.